The molecule has 0 radical (unpaired) electrons. The molecule has 0 saturated carbocycles. The van der Waals surface area contributed by atoms with Crippen LogP contribution in [0.2, 0.25) is 0 Å². The second-order valence-corrected chi connectivity index (χ2v) is 3.52. The van der Waals surface area contributed by atoms with Crippen molar-refractivity contribution >= 4 is 17.4 Å². The number of amides is 2. The number of rotatable bonds is 2. The molecule has 7 nitrogen and oxygen atoms in total. The van der Waals surface area contributed by atoms with Crippen LogP contribution in [-0.2, 0) is 4.84 Å². The van der Waals surface area contributed by atoms with Gasteiger partial charge in [-0.3, -0.25) is 15.0 Å². The molecule has 2 amide bonds. The van der Waals surface area contributed by atoms with Crippen molar-refractivity contribution in [3.05, 3.63) is 34.4 Å². The third-order valence-corrected chi connectivity index (χ3v) is 2.31. The fourth-order valence-corrected chi connectivity index (χ4v) is 1.46. The highest BCUT2D eigenvalue weighted by atomic mass is 16.7. The molecule has 1 heterocycles. The van der Waals surface area contributed by atoms with Crippen molar-refractivity contribution in [2.24, 2.45) is 0 Å². The molecule has 1 fully saturated rings. The van der Waals surface area contributed by atoms with E-state index in [0.717, 1.165) is 6.42 Å². The van der Waals surface area contributed by atoms with Crippen molar-refractivity contribution < 1.29 is 14.6 Å². The Hall–Kier alpha value is -2.15. The quantitative estimate of drug-likeness (QED) is 0.627. The van der Waals surface area contributed by atoms with Gasteiger partial charge in [0, 0.05) is 17.8 Å². The van der Waals surface area contributed by atoms with E-state index < -0.39 is 4.92 Å². The van der Waals surface area contributed by atoms with E-state index in [1.54, 1.807) is 0 Å². The Bertz CT molecular complexity index is 426. The van der Waals surface area contributed by atoms with Crippen LogP contribution < -0.4 is 5.32 Å². The number of hydrogen-bond acceptors (Lipinski definition) is 4. The van der Waals surface area contributed by atoms with E-state index in [0.29, 0.717) is 18.8 Å². The van der Waals surface area contributed by atoms with Crippen molar-refractivity contribution in [1.82, 2.24) is 5.06 Å². The van der Waals surface area contributed by atoms with Gasteiger partial charge in [0.25, 0.3) is 5.69 Å². The zero-order chi connectivity index (χ0) is 12.3. The Labute approximate surface area is 97.1 Å². The lowest BCUT2D eigenvalue weighted by molar-refractivity contribution is -0.384. The first-order chi connectivity index (χ1) is 8.16. The highest BCUT2D eigenvalue weighted by Gasteiger charge is 2.19. The predicted octanol–water partition coefficient (Wildman–Crippen LogP) is 1.76. The van der Waals surface area contributed by atoms with Gasteiger partial charge >= 0.3 is 6.03 Å². The molecule has 1 N–H and O–H groups in total. The maximum atomic E-state index is 11.6. The van der Waals surface area contributed by atoms with E-state index in [1.165, 1.54) is 29.3 Å². The lowest BCUT2D eigenvalue weighted by Crippen LogP contribution is -2.31. The van der Waals surface area contributed by atoms with Crippen molar-refractivity contribution in [2.75, 3.05) is 18.5 Å². The van der Waals surface area contributed by atoms with Gasteiger partial charge in [-0.05, 0) is 18.6 Å². The van der Waals surface area contributed by atoms with Gasteiger partial charge in [-0.2, -0.15) is 0 Å². The smallest absolute Gasteiger partial charge is 0.306 e. The van der Waals surface area contributed by atoms with Gasteiger partial charge < -0.3 is 5.32 Å². The number of carbonyl (C=O) groups is 1. The number of non-ortho nitro benzene ring substituents is 1. The Morgan fingerprint density at radius 2 is 2.12 bits per heavy atom. The van der Waals surface area contributed by atoms with Crippen molar-refractivity contribution in [2.45, 2.75) is 6.42 Å². The summed E-state index contributed by atoms with van der Waals surface area (Å²) in [6.45, 7) is 1.09. The first kappa shape index (κ1) is 11.3. The normalized spacial score (nSPS) is 14.7. The number of nitro groups is 1. The molecule has 1 aliphatic rings. The summed E-state index contributed by atoms with van der Waals surface area (Å²) in [4.78, 5) is 26.6. The number of nitrogens with one attached hydrogen (secondary N) is 1. The van der Waals surface area contributed by atoms with E-state index in [2.05, 4.69) is 5.32 Å². The van der Waals surface area contributed by atoms with E-state index in [4.69, 9.17) is 4.84 Å². The minimum absolute atomic E-state index is 0.0135. The third-order valence-electron chi connectivity index (χ3n) is 2.31. The van der Waals surface area contributed by atoms with Gasteiger partial charge in [0.2, 0.25) is 0 Å². The molecule has 0 unspecified atom stereocenters. The Morgan fingerprint density at radius 3 is 2.65 bits per heavy atom. The van der Waals surface area contributed by atoms with E-state index in [9.17, 15) is 14.9 Å². The van der Waals surface area contributed by atoms with Crippen LogP contribution in [0.25, 0.3) is 0 Å². The first-order valence-electron chi connectivity index (χ1n) is 5.13. The molecule has 90 valence electrons. The van der Waals surface area contributed by atoms with Gasteiger partial charge in [0.1, 0.15) is 0 Å². The fraction of sp³-hybridized carbons (Fsp3) is 0.300. The highest BCUT2D eigenvalue weighted by molar-refractivity contribution is 5.88. The highest BCUT2D eigenvalue weighted by Crippen LogP contribution is 2.16. The number of hydrogen-bond donors (Lipinski definition) is 1. The summed E-state index contributed by atoms with van der Waals surface area (Å²) in [7, 11) is 0. The van der Waals surface area contributed by atoms with Crippen molar-refractivity contribution in [1.29, 1.82) is 0 Å². The average molecular weight is 237 g/mol. The molecule has 0 aromatic heterocycles. The molecule has 0 aliphatic carbocycles. The van der Waals surface area contributed by atoms with E-state index in [1.807, 2.05) is 0 Å². The molecule has 0 atom stereocenters. The molecule has 0 spiro atoms. The minimum atomic E-state index is -0.491. The van der Waals surface area contributed by atoms with Gasteiger partial charge in [-0.15, -0.1) is 0 Å². The van der Waals surface area contributed by atoms with E-state index in [-0.39, 0.29) is 11.7 Å². The molecule has 0 bridgehead atoms. The Morgan fingerprint density at radius 1 is 1.41 bits per heavy atom. The average Bonchev–Trinajstić information content (AvgIpc) is 2.83. The largest absolute Gasteiger partial charge is 0.345 e. The summed E-state index contributed by atoms with van der Waals surface area (Å²) in [5.74, 6) is 0. The second-order valence-electron chi connectivity index (χ2n) is 3.52. The standard InChI is InChI=1S/C10H11N3O4/c14-10(12-6-1-7-17-12)11-8-2-4-9(5-3-8)13(15)16/h2-5H,1,6-7H2,(H,11,14). The zero-order valence-electron chi connectivity index (χ0n) is 8.96. The molecular formula is C10H11N3O4. The summed E-state index contributed by atoms with van der Waals surface area (Å²) in [5, 5.41) is 14.3. The summed E-state index contributed by atoms with van der Waals surface area (Å²) >= 11 is 0. The van der Waals surface area contributed by atoms with Crippen LogP contribution in [0.5, 0.6) is 0 Å². The summed E-state index contributed by atoms with van der Waals surface area (Å²) < 4.78 is 0. The number of carbonyl (C=O) groups excluding carboxylic acids is 1. The molecule has 1 aliphatic heterocycles. The van der Waals surface area contributed by atoms with Gasteiger partial charge in [-0.1, -0.05) is 0 Å². The first-order valence-corrected chi connectivity index (χ1v) is 5.13. The third kappa shape index (κ3) is 2.70. The van der Waals surface area contributed by atoms with Gasteiger partial charge in [0.15, 0.2) is 0 Å². The number of hydroxylamine groups is 2. The number of nitrogens with zero attached hydrogens (tertiary/aromatic N) is 2. The fourth-order valence-electron chi connectivity index (χ4n) is 1.46. The van der Waals surface area contributed by atoms with Crippen molar-refractivity contribution in [3.63, 3.8) is 0 Å². The summed E-state index contributed by atoms with van der Waals surface area (Å²) in [6.07, 6.45) is 0.813. The molecule has 1 aromatic rings. The van der Waals surface area contributed by atoms with E-state index >= 15 is 0 Å². The van der Waals surface area contributed by atoms with Crippen molar-refractivity contribution in [3.8, 4) is 0 Å². The molecule has 1 aromatic carbocycles. The van der Waals surface area contributed by atoms with Crippen LogP contribution >= 0.6 is 0 Å². The number of nitro benzene ring substituents is 1. The van der Waals surface area contributed by atoms with Crippen LogP contribution in [0, 0.1) is 10.1 Å². The molecule has 7 heteroatoms. The topological polar surface area (TPSA) is 84.7 Å². The Kier molecular flexibility index (Phi) is 3.20. The molecule has 17 heavy (non-hydrogen) atoms. The molecular weight excluding hydrogens is 226 g/mol. The Balaban J connectivity index is 1.98. The minimum Gasteiger partial charge on any atom is -0.306 e. The monoisotopic (exact) mass is 237 g/mol. The summed E-state index contributed by atoms with van der Waals surface area (Å²) in [6, 6.07) is 5.26. The number of benzene rings is 1. The van der Waals surface area contributed by atoms with Crippen LogP contribution in [0.1, 0.15) is 6.42 Å². The summed E-state index contributed by atoms with van der Waals surface area (Å²) in [5.41, 5.74) is 0.483. The SMILES string of the molecule is O=C(Nc1ccc([N+](=O)[O-])cc1)N1CCCO1. The lowest BCUT2D eigenvalue weighted by Gasteiger charge is -2.14. The maximum absolute atomic E-state index is 11.6. The van der Waals surface area contributed by atoms with Gasteiger partial charge in [0.05, 0.1) is 18.1 Å². The second kappa shape index (κ2) is 4.79. The van der Waals surface area contributed by atoms with Crippen LogP contribution in [0.3, 0.4) is 0 Å². The predicted molar refractivity (Wildman–Crippen MR) is 59.4 cm³/mol. The van der Waals surface area contributed by atoms with Crippen LogP contribution in [0.15, 0.2) is 24.3 Å². The number of urea groups is 1. The maximum Gasteiger partial charge on any atom is 0.345 e. The lowest BCUT2D eigenvalue weighted by atomic mass is 10.3. The molecule has 1 saturated heterocycles. The molecule has 2 rings (SSSR count). The van der Waals surface area contributed by atoms with Gasteiger partial charge in [-0.25, -0.2) is 9.86 Å². The zero-order valence-corrected chi connectivity index (χ0v) is 8.96. The van der Waals surface area contributed by atoms with Crippen LogP contribution in [0.4, 0.5) is 16.2 Å². The van der Waals surface area contributed by atoms with Crippen LogP contribution in [-0.4, -0.2) is 29.2 Å². The number of anilines is 1.